The van der Waals surface area contributed by atoms with Gasteiger partial charge in [0.1, 0.15) is 6.29 Å². The van der Waals surface area contributed by atoms with E-state index in [1.165, 1.54) is 0 Å². The van der Waals surface area contributed by atoms with Gasteiger partial charge in [-0.3, -0.25) is 9.59 Å². The Morgan fingerprint density at radius 3 is 2.50 bits per heavy atom. The number of benzene rings is 2. The Balaban J connectivity index is 1.37. The van der Waals surface area contributed by atoms with Crippen LogP contribution in [0.3, 0.4) is 0 Å². The number of piperidine rings is 1. The molecule has 1 amide bonds. The highest BCUT2D eigenvalue weighted by Crippen LogP contribution is 2.26. The van der Waals surface area contributed by atoms with Crippen molar-refractivity contribution >= 4 is 17.9 Å². The Bertz CT molecular complexity index is 990. The Kier molecular flexibility index (Phi) is 5.93. The number of hydrogen-bond acceptors (Lipinski definition) is 4. The lowest BCUT2D eigenvalue weighted by Gasteiger charge is -2.33. The van der Waals surface area contributed by atoms with Crippen molar-refractivity contribution in [2.75, 3.05) is 18.0 Å². The van der Waals surface area contributed by atoms with Crippen molar-refractivity contribution in [2.24, 2.45) is 5.92 Å². The second kappa shape index (κ2) is 8.95. The number of hydrogen-bond donors (Lipinski definition) is 1. The third-order valence-electron chi connectivity index (χ3n) is 5.77. The van der Waals surface area contributed by atoms with E-state index in [2.05, 4.69) is 15.3 Å². The van der Waals surface area contributed by atoms with Crippen molar-refractivity contribution in [3.63, 3.8) is 0 Å². The van der Waals surface area contributed by atoms with Crippen molar-refractivity contribution in [1.29, 1.82) is 0 Å². The molecule has 1 saturated heterocycles. The highest BCUT2D eigenvalue weighted by molar-refractivity contribution is 5.80. The van der Waals surface area contributed by atoms with Crippen molar-refractivity contribution in [1.82, 2.24) is 15.1 Å². The first-order chi connectivity index (χ1) is 14.7. The van der Waals surface area contributed by atoms with Crippen LogP contribution in [-0.2, 0) is 4.79 Å². The van der Waals surface area contributed by atoms with Gasteiger partial charge in [0.2, 0.25) is 5.91 Å². The summed E-state index contributed by atoms with van der Waals surface area (Å²) in [6, 6.07) is 17.4. The number of anilines is 1. The van der Waals surface area contributed by atoms with Gasteiger partial charge in [-0.1, -0.05) is 18.2 Å². The maximum atomic E-state index is 12.9. The maximum Gasteiger partial charge on any atom is 0.223 e. The lowest BCUT2D eigenvalue weighted by Crippen LogP contribution is -2.41. The molecule has 2 heterocycles. The lowest BCUT2D eigenvalue weighted by molar-refractivity contribution is -0.126. The van der Waals surface area contributed by atoms with Crippen LogP contribution in [0.25, 0.3) is 5.69 Å². The monoisotopic (exact) mass is 402 g/mol. The summed E-state index contributed by atoms with van der Waals surface area (Å²) >= 11 is 0. The second-order valence-corrected chi connectivity index (χ2v) is 7.71. The highest BCUT2D eigenvalue weighted by atomic mass is 16.2. The molecular formula is C24H26N4O2. The molecular weight excluding hydrogens is 376 g/mol. The van der Waals surface area contributed by atoms with Crippen LogP contribution in [0.1, 0.15) is 41.7 Å². The second-order valence-electron chi connectivity index (χ2n) is 7.71. The third-order valence-corrected chi connectivity index (χ3v) is 5.77. The molecule has 1 aliphatic rings. The van der Waals surface area contributed by atoms with Crippen molar-refractivity contribution < 1.29 is 9.59 Å². The van der Waals surface area contributed by atoms with Gasteiger partial charge in [0.15, 0.2) is 0 Å². The summed E-state index contributed by atoms with van der Waals surface area (Å²) in [5.41, 5.74) is 3.80. The molecule has 0 aliphatic carbocycles. The summed E-state index contributed by atoms with van der Waals surface area (Å²) < 4.78 is 1.83. The number of carbonyl (C=O) groups is 2. The predicted octanol–water partition coefficient (Wildman–Crippen LogP) is 3.78. The minimum absolute atomic E-state index is 0.00909. The first-order valence-corrected chi connectivity index (χ1v) is 10.3. The molecule has 0 bridgehead atoms. The molecule has 1 N–H and O–H groups in total. The first-order valence-electron chi connectivity index (χ1n) is 10.3. The van der Waals surface area contributed by atoms with Gasteiger partial charge in [0.05, 0.1) is 11.7 Å². The lowest BCUT2D eigenvalue weighted by atomic mass is 9.94. The quantitative estimate of drug-likeness (QED) is 0.637. The van der Waals surface area contributed by atoms with Crippen molar-refractivity contribution in [3.8, 4) is 5.69 Å². The van der Waals surface area contributed by atoms with Gasteiger partial charge in [-0.2, -0.15) is 5.10 Å². The molecule has 1 aliphatic heterocycles. The number of nitrogens with zero attached hydrogens (tertiary/aromatic N) is 3. The molecule has 6 heteroatoms. The molecule has 0 spiro atoms. The van der Waals surface area contributed by atoms with Crippen molar-refractivity contribution in [2.45, 2.75) is 25.8 Å². The van der Waals surface area contributed by atoms with E-state index >= 15 is 0 Å². The summed E-state index contributed by atoms with van der Waals surface area (Å²) in [5.74, 6) is 0.114. The Morgan fingerprint density at radius 1 is 1.10 bits per heavy atom. The van der Waals surface area contributed by atoms with Crippen LogP contribution in [0.2, 0.25) is 0 Å². The van der Waals surface area contributed by atoms with Crippen LogP contribution in [0, 0.1) is 5.92 Å². The minimum Gasteiger partial charge on any atom is -0.371 e. The molecule has 0 saturated carbocycles. The first kappa shape index (κ1) is 19.9. The molecule has 2 aromatic carbocycles. The molecule has 6 nitrogen and oxygen atoms in total. The van der Waals surface area contributed by atoms with E-state index in [0.717, 1.165) is 49.2 Å². The van der Waals surface area contributed by atoms with Crippen LogP contribution in [0.5, 0.6) is 0 Å². The highest BCUT2D eigenvalue weighted by Gasteiger charge is 2.26. The molecule has 0 unspecified atom stereocenters. The van der Waals surface area contributed by atoms with E-state index in [1.807, 2.05) is 72.4 Å². The van der Waals surface area contributed by atoms with Gasteiger partial charge in [-0.15, -0.1) is 0 Å². The minimum atomic E-state index is -0.105. The average Bonchev–Trinajstić information content (AvgIpc) is 3.34. The van der Waals surface area contributed by atoms with Gasteiger partial charge in [-0.25, -0.2) is 4.68 Å². The van der Waals surface area contributed by atoms with E-state index in [0.29, 0.717) is 5.56 Å². The Labute approximate surface area is 176 Å². The zero-order chi connectivity index (χ0) is 20.9. The number of amides is 1. The Hall–Kier alpha value is -3.41. The molecule has 0 radical (unpaired) electrons. The molecule has 4 rings (SSSR count). The average molecular weight is 402 g/mol. The largest absolute Gasteiger partial charge is 0.371 e. The number of rotatable bonds is 6. The number of para-hydroxylation sites is 1. The number of aldehydes is 1. The van der Waals surface area contributed by atoms with E-state index < -0.39 is 0 Å². The normalized spacial score (nSPS) is 15.6. The van der Waals surface area contributed by atoms with Crippen LogP contribution < -0.4 is 10.2 Å². The standard InChI is InChI=1S/C24H26N4O2/c1-18(22-5-2-3-6-23(22)28-14-4-13-25-28)26-24(30)20-11-15-27(16-12-20)21-9-7-19(17-29)8-10-21/h2-10,13-14,17-18,20H,11-12,15-16H2,1H3,(H,26,30)/t18-/m0/s1. The molecule has 1 aromatic heterocycles. The summed E-state index contributed by atoms with van der Waals surface area (Å²) in [6.07, 6.45) is 6.14. The molecule has 154 valence electrons. The van der Waals surface area contributed by atoms with Crippen LogP contribution >= 0.6 is 0 Å². The summed E-state index contributed by atoms with van der Waals surface area (Å²) in [5, 5.41) is 7.53. The summed E-state index contributed by atoms with van der Waals surface area (Å²) in [7, 11) is 0. The fraction of sp³-hybridized carbons (Fsp3) is 0.292. The van der Waals surface area contributed by atoms with E-state index in [4.69, 9.17) is 0 Å². The van der Waals surface area contributed by atoms with Gasteiger partial charge >= 0.3 is 0 Å². The maximum absolute atomic E-state index is 12.9. The number of nitrogens with one attached hydrogen (secondary N) is 1. The van der Waals surface area contributed by atoms with E-state index in [1.54, 1.807) is 6.20 Å². The van der Waals surface area contributed by atoms with Gasteiger partial charge in [0, 0.05) is 42.7 Å². The summed E-state index contributed by atoms with van der Waals surface area (Å²) in [6.45, 7) is 3.68. The predicted molar refractivity (Wildman–Crippen MR) is 117 cm³/mol. The fourth-order valence-electron chi connectivity index (χ4n) is 4.05. The Morgan fingerprint density at radius 2 is 1.83 bits per heavy atom. The van der Waals surface area contributed by atoms with E-state index in [9.17, 15) is 9.59 Å². The SMILES string of the molecule is C[C@H](NC(=O)C1CCN(c2ccc(C=O)cc2)CC1)c1ccccc1-n1cccn1. The van der Waals surface area contributed by atoms with Crippen LogP contribution in [0.15, 0.2) is 67.0 Å². The zero-order valence-electron chi connectivity index (χ0n) is 17.1. The van der Waals surface area contributed by atoms with Gasteiger partial charge < -0.3 is 10.2 Å². The smallest absolute Gasteiger partial charge is 0.223 e. The molecule has 3 aromatic rings. The van der Waals surface area contributed by atoms with Gasteiger partial charge in [-0.05, 0) is 61.7 Å². The third kappa shape index (κ3) is 4.27. The van der Waals surface area contributed by atoms with Crippen LogP contribution in [0.4, 0.5) is 5.69 Å². The number of aromatic nitrogens is 2. The van der Waals surface area contributed by atoms with E-state index in [-0.39, 0.29) is 17.9 Å². The summed E-state index contributed by atoms with van der Waals surface area (Å²) in [4.78, 5) is 26.0. The fourth-order valence-corrected chi connectivity index (χ4v) is 4.05. The van der Waals surface area contributed by atoms with Gasteiger partial charge in [0.25, 0.3) is 0 Å². The number of carbonyl (C=O) groups excluding carboxylic acids is 2. The topological polar surface area (TPSA) is 67.2 Å². The zero-order valence-corrected chi connectivity index (χ0v) is 17.1. The molecule has 30 heavy (non-hydrogen) atoms. The van der Waals surface area contributed by atoms with Crippen LogP contribution in [-0.4, -0.2) is 35.1 Å². The molecule has 1 fully saturated rings. The van der Waals surface area contributed by atoms with Crippen molar-refractivity contribution in [3.05, 3.63) is 78.1 Å². The molecule has 1 atom stereocenters.